The van der Waals surface area contributed by atoms with Gasteiger partial charge in [-0.25, -0.2) is 0 Å². The number of benzene rings is 2. The van der Waals surface area contributed by atoms with Crippen LogP contribution in [0.5, 0.6) is 0 Å². The largest absolute Gasteiger partial charge is 0.313 e. The van der Waals surface area contributed by atoms with Gasteiger partial charge in [0.05, 0.1) is 6.04 Å². The molecular weight excluding hydrogens is 282 g/mol. The topological polar surface area (TPSA) is 23.5 Å². The minimum Gasteiger partial charge on any atom is -0.313 e. The van der Waals surface area contributed by atoms with Gasteiger partial charge in [-0.2, -0.15) is 5.06 Å². The van der Waals surface area contributed by atoms with E-state index in [9.17, 15) is 5.21 Å². The molecular formula is C21H25NO. The third-order valence-electron chi connectivity index (χ3n) is 5.85. The van der Waals surface area contributed by atoms with Gasteiger partial charge >= 0.3 is 0 Å². The summed E-state index contributed by atoms with van der Waals surface area (Å²) in [4.78, 5) is 0. The molecule has 120 valence electrons. The maximum atomic E-state index is 10.9. The van der Waals surface area contributed by atoms with Gasteiger partial charge in [0.2, 0.25) is 0 Å². The Kier molecular flexibility index (Phi) is 4.19. The first-order valence-electron chi connectivity index (χ1n) is 8.91. The zero-order valence-electron chi connectivity index (χ0n) is 13.5. The number of nitrogens with zero attached hydrogens (tertiary/aromatic N) is 1. The quantitative estimate of drug-likeness (QED) is 0.828. The molecule has 0 aromatic heterocycles. The molecule has 1 saturated heterocycles. The Morgan fingerprint density at radius 2 is 1.39 bits per heavy atom. The molecule has 1 saturated carbocycles. The Balaban J connectivity index is 1.70. The molecule has 2 aliphatic rings. The van der Waals surface area contributed by atoms with Crippen molar-refractivity contribution in [1.29, 1.82) is 0 Å². The van der Waals surface area contributed by atoms with Crippen molar-refractivity contribution >= 4 is 0 Å². The average Bonchev–Trinajstić information content (AvgIpc) is 2.64. The summed E-state index contributed by atoms with van der Waals surface area (Å²) in [5.41, 5.74) is 2.68. The maximum Gasteiger partial charge on any atom is 0.0608 e. The van der Waals surface area contributed by atoms with Gasteiger partial charge < -0.3 is 5.21 Å². The van der Waals surface area contributed by atoms with Crippen LogP contribution in [0.25, 0.3) is 0 Å². The highest BCUT2D eigenvalue weighted by atomic mass is 16.5. The van der Waals surface area contributed by atoms with Crippen LogP contribution >= 0.6 is 0 Å². The summed E-state index contributed by atoms with van der Waals surface area (Å²) in [6, 6.07) is 21.8. The van der Waals surface area contributed by atoms with Gasteiger partial charge in [0.1, 0.15) is 0 Å². The predicted molar refractivity (Wildman–Crippen MR) is 92.4 cm³/mol. The highest BCUT2D eigenvalue weighted by Crippen LogP contribution is 2.49. The van der Waals surface area contributed by atoms with Gasteiger partial charge in [-0.1, -0.05) is 73.5 Å². The maximum absolute atomic E-state index is 10.9. The zero-order valence-corrected chi connectivity index (χ0v) is 13.5. The Morgan fingerprint density at radius 1 is 0.783 bits per heavy atom. The lowest BCUT2D eigenvalue weighted by Crippen LogP contribution is -2.49. The molecule has 4 rings (SSSR count). The van der Waals surface area contributed by atoms with E-state index in [2.05, 4.69) is 54.6 Å². The summed E-state index contributed by atoms with van der Waals surface area (Å²) in [7, 11) is 0. The average molecular weight is 307 g/mol. The molecule has 0 bridgehead atoms. The summed E-state index contributed by atoms with van der Waals surface area (Å²) < 4.78 is 0. The second-order valence-electron chi connectivity index (χ2n) is 7.08. The van der Waals surface area contributed by atoms with Crippen LogP contribution in [-0.2, 0) is 0 Å². The smallest absolute Gasteiger partial charge is 0.0608 e. The van der Waals surface area contributed by atoms with Gasteiger partial charge in [-0.3, -0.25) is 0 Å². The Labute approximate surface area is 138 Å². The van der Waals surface area contributed by atoms with Crippen LogP contribution in [0.1, 0.15) is 55.2 Å². The fourth-order valence-electron chi connectivity index (χ4n) is 4.74. The monoisotopic (exact) mass is 307 g/mol. The molecule has 1 aliphatic carbocycles. The summed E-state index contributed by atoms with van der Waals surface area (Å²) in [6.45, 7) is 0. The van der Waals surface area contributed by atoms with Crippen molar-refractivity contribution in [2.75, 3.05) is 0 Å². The summed E-state index contributed by atoms with van der Waals surface area (Å²) in [5.74, 6) is 1.13. The number of hydrogen-bond donors (Lipinski definition) is 1. The second-order valence-corrected chi connectivity index (χ2v) is 7.08. The highest BCUT2D eigenvalue weighted by molar-refractivity contribution is 5.26. The molecule has 23 heavy (non-hydrogen) atoms. The van der Waals surface area contributed by atoms with E-state index in [1.54, 1.807) is 5.06 Å². The Hall–Kier alpha value is -1.64. The Morgan fingerprint density at radius 3 is 2.09 bits per heavy atom. The number of hydrogen-bond acceptors (Lipinski definition) is 2. The van der Waals surface area contributed by atoms with Crippen molar-refractivity contribution < 1.29 is 5.21 Å². The first-order chi connectivity index (χ1) is 11.3. The lowest BCUT2D eigenvalue weighted by atomic mass is 9.67. The SMILES string of the molecule is ON1[C@@H](c2ccccc2)C[C@@H](c2ccccc2)[C@H]2CCCC[C@H]21. The van der Waals surface area contributed by atoms with Crippen molar-refractivity contribution in [3.63, 3.8) is 0 Å². The van der Waals surface area contributed by atoms with E-state index in [4.69, 9.17) is 0 Å². The second kappa shape index (κ2) is 6.46. The van der Waals surface area contributed by atoms with Crippen molar-refractivity contribution in [2.45, 2.75) is 50.1 Å². The summed E-state index contributed by atoms with van der Waals surface area (Å²) in [5, 5.41) is 12.6. The molecule has 1 N–H and O–H groups in total. The Bertz CT molecular complexity index is 627. The van der Waals surface area contributed by atoms with Crippen LogP contribution < -0.4 is 0 Å². The fourth-order valence-corrected chi connectivity index (χ4v) is 4.74. The third kappa shape index (κ3) is 2.82. The highest BCUT2D eigenvalue weighted by Gasteiger charge is 2.44. The first-order valence-corrected chi connectivity index (χ1v) is 8.91. The van der Waals surface area contributed by atoms with E-state index in [1.165, 1.54) is 30.4 Å². The van der Waals surface area contributed by atoms with Gasteiger partial charge in [0, 0.05) is 6.04 Å². The first kappa shape index (κ1) is 14.9. The zero-order chi connectivity index (χ0) is 15.6. The molecule has 2 heteroatoms. The normalized spacial score (nSPS) is 31.5. The minimum atomic E-state index is 0.112. The van der Waals surface area contributed by atoms with Crippen LogP contribution in [0.3, 0.4) is 0 Å². The van der Waals surface area contributed by atoms with E-state index < -0.39 is 0 Å². The van der Waals surface area contributed by atoms with Crippen LogP contribution in [0.4, 0.5) is 0 Å². The van der Waals surface area contributed by atoms with Gasteiger partial charge in [0.25, 0.3) is 0 Å². The third-order valence-corrected chi connectivity index (χ3v) is 5.85. The number of piperidine rings is 1. The molecule has 2 aromatic carbocycles. The van der Waals surface area contributed by atoms with E-state index in [1.807, 2.05) is 6.07 Å². The van der Waals surface area contributed by atoms with Crippen LogP contribution in [0.2, 0.25) is 0 Å². The van der Waals surface area contributed by atoms with E-state index in [0.717, 1.165) is 12.8 Å². The molecule has 0 radical (unpaired) electrons. The van der Waals surface area contributed by atoms with Crippen molar-refractivity contribution in [3.8, 4) is 0 Å². The van der Waals surface area contributed by atoms with Crippen LogP contribution in [0, 0.1) is 5.92 Å². The molecule has 4 atom stereocenters. The standard InChI is InChI=1S/C21H25NO/c23-22-20-14-8-7-13-18(20)19(16-9-3-1-4-10-16)15-21(22)17-11-5-2-6-12-17/h1-6,9-12,18-21,23H,7-8,13-15H2/t18-,19+,20-,21-/m1/s1. The van der Waals surface area contributed by atoms with Crippen LogP contribution in [0.15, 0.2) is 60.7 Å². The molecule has 1 heterocycles. The van der Waals surface area contributed by atoms with Gasteiger partial charge in [-0.05, 0) is 42.2 Å². The molecule has 1 aliphatic heterocycles. The lowest BCUT2D eigenvalue weighted by molar-refractivity contribution is -0.207. The van der Waals surface area contributed by atoms with E-state index in [-0.39, 0.29) is 6.04 Å². The molecule has 0 unspecified atom stereocenters. The van der Waals surface area contributed by atoms with Gasteiger partial charge in [-0.15, -0.1) is 0 Å². The minimum absolute atomic E-state index is 0.112. The fraction of sp³-hybridized carbons (Fsp3) is 0.429. The number of fused-ring (bicyclic) bond motifs is 1. The van der Waals surface area contributed by atoms with E-state index >= 15 is 0 Å². The van der Waals surface area contributed by atoms with E-state index in [0.29, 0.717) is 17.9 Å². The summed E-state index contributed by atoms with van der Waals surface area (Å²) in [6.07, 6.45) is 5.90. The molecule has 0 spiro atoms. The van der Waals surface area contributed by atoms with Crippen molar-refractivity contribution in [1.82, 2.24) is 5.06 Å². The molecule has 2 fully saturated rings. The lowest BCUT2D eigenvalue weighted by Gasteiger charge is -2.49. The summed E-state index contributed by atoms with van der Waals surface area (Å²) >= 11 is 0. The predicted octanol–water partition coefficient (Wildman–Crippen LogP) is 5.17. The molecule has 2 aromatic rings. The van der Waals surface area contributed by atoms with Crippen molar-refractivity contribution in [2.24, 2.45) is 5.92 Å². The van der Waals surface area contributed by atoms with Crippen molar-refractivity contribution in [3.05, 3.63) is 71.8 Å². The number of hydroxylamine groups is 2. The van der Waals surface area contributed by atoms with Gasteiger partial charge in [0.15, 0.2) is 0 Å². The molecule has 0 amide bonds. The van der Waals surface area contributed by atoms with Crippen LogP contribution in [-0.4, -0.2) is 16.3 Å². The molecule has 2 nitrogen and oxygen atoms in total. The number of rotatable bonds is 2.